The highest BCUT2D eigenvalue weighted by molar-refractivity contribution is 5.10. The molecule has 120 valence electrons. The molecule has 3 rings (SSSR count). The van der Waals surface area contributed by atoms with Crippen LogP contribution in [0.4, 0.5) is 0 Å². The monoisotopic (exact) mass is 304 g/mol. The Balaban J connectivity index is 1.74. The summed E-state index contributed by atoms with van der Waals surface area (Å²) in [7, 11) is 1.99. The van der Waals surface area contributed by atoms with E-state index in [9.17, 15) is 5.11 Å². The molecule has 0 radical (unpaired) electrons. The van der Waals surface area contributed by atoms with Crippen molar-refractivity contribution < 1.29 is 5.11 Å². The third kappa shape index (κ3) is 2.91. The maximum absolute atomic E-state index is 11.0. The number of aryl methyl sites for hydroxylation is 1. The van der Waals surface area contributed by atoms with Gasteiger partial charge in [-0.15, -0.1) is 5.10 Å². The summed E-state index contributed by atoms with van der Waals surface area (Å²) in [5.41, 5.74) is -0.248. The Morgan fingerprint density at radius 1 is 1.41 bits per heavy atom. The van der Waals surface area contributed by atoms with Crippen LogP contribution in [0.5, 0.6) is 0 Å². The third-order valence-electron chi connectivity index (χ3n) is 4.35. The van der Waals surface area contributed by atoms with Gasteiger partial charge in [0.1, 0.15) is 17.1 Å². The molecule has 0 spiro atoms. The minimum Gasteiger partial charge on any atom is -0.382 e. The Morgan fingerprint density at radius 2 is 2.23 bits per heavy atom. The molecule has 0 aromatic carbocycles. The summed E-state index contributed by atoms with van der Waals surface area (Å²) in [6.45, 7) is 6.38. The summed E-state index contributed by atoms with van der Waals surface area (Å²) in [6, 6.07) is 0.247. The van der Waals surface area contributed by atoms with Crippen LogP contribution in [0.25, 0.3) is 0 Å². The van der Waals surface area contributed by atoms with Gasteiger partial charge in [-0.25, -0.2) is 9.67 Å². The molecule has 3 heterocycles. The topological polar surface area (TPSA) is 72.0 Å². The van der Waals surface area contributed by atoms with Crippen LogP contribution in [-0.4, -0.2) is 47.6 Å². The molecule has 2 aromatic rings. The number of rotatable bonds is 4. The first-order chi connectivity index (χ1) is 10.5. The molecule has 1 atom stereocenters. The number of aliphatic hydroxyl groups is 1. The van der Waals surface area contributed by atoms with E-state index >= 15 is 0 Å². The predicted octanol–water partition coefficient (Wildman–Crippen LogP) is 1.08. The van der Waals surface area contributed by atoms with Gasteiger partial charge in [0.25, 0.3) is 0 Å². The minimum absolute atomic E-state index is 0.247. The number of nitrogens with zero attached hydrogens (tertiary/aromatic N) is 6. The van der Waals surface area contributed by atoms with Crippen LogP contribution in [-0.2, 0) is 19.2 Å². The normalized spacial score (nSPS) is 23.3. The average molecular weight is 304 g/mol. The van der Waals surface area contributed by atoms with E-state index in [2.05, 4.69) is 34.0 Å². The second-order valence-electron chi connectivity index (χ2n) is 6.48. The van der Waals surface area contributed by atoms with Crippen molar-refractivity contribution in [2.45, 2.75) is 44.9 Å². The van der Waals surface area contributed by atoms with Crippen LogP contribution in [0.2, 0.25) is 0 Å². The van der Waals surface area contributed by atoms with E-state index in [0.29, 0.717) is 12.2 Å². The molecule has 0 aliphatic carbocycles. The molecular weight excluding hydrogens is 280 g/mol. The highest BCUT2D eigenvalue weighted by Crippen LogP contribution is 2.31. The summed E-state index contributed by atoms with van der Waals surface area (Å²) in [5, 5.41) is 19.3. The molecule has 7 nitrogen and oxygen atoms in total. The van der Waals surface area contributed by atoms with Gasteiger partial charge in [-0.3, -0.25) is 4.90 Å². The predicted molar refractivity (Wildman–Crippen MR) is 82.0 cm³/mol. The van der Waals surface area contributed by atoms with Crippen molar-refractivity contribution in [3.8, 4) is 0 Å². The van der Waals surface area contributed by atoms with Gasteiger partial charge in [0.15, 0.2) is 0 Å². The van der Waals surface area contributed by atoms with E-state index in [-0.39, 0.29) is 6.04 Å². The number of likely N-dealkylation sites (tertiary alicyclic amines) is 1. The van der Waals surface area contributed by atoms with Crippen molar-refractivity contribution in [2.75, 3.05) is 13.1 Å². The number of piperidine rings is 1. The molecule has 1 aliphatic rings. The summed E-state index contributed by atoms with van der Waals surface area (Å²) < 4.78 is 3.81. The molecule has 0 bridgehead atoms. The van der Waals surface area contributed by atoms with Crippen molar-refractivity contribution in [2.24, 2.45) is 7.05 Å². The number of β-amino-alcohol motifs (C(OH)–C–C–N with tert-alkyl or cyclic N) is 1. The first-order valence-electron chi connectivity index (χ1n) is 7.81. The van der Waals surface area contributed by atoms with Gasteiger partial charge in [0.05, 0.1) is 12.7 Å². The first kappa shape index (κ1) is 15.2. The molecule has 2 aromatic heterocycles. The summed E-state index contributed by atoms with van der Waals surface area (Å²) in [4.78, 5) is 6.60. The Bertz CT molecular complexity index is 634. The Kier molecular flexibility index (Phi) is 4.01. The van der Waals surface area contributed by atoms with Gasteiger partial charge in [0.2, 0.25) is 0 Å². The average Bonchev–Trinajstić information content (AvgIpc) is 3.09. The Morgan fingerprint density at radius 3 is 2.86 bits per heavy atom. The van der Waals surface area contributed by atoms with Gasteiger partial charge in [-0.1, -0.05) is 5.21 Å². The lowest BCUT2D eigenvalue weighted by atomic mass is 9.90. The van der Waals surface area contributed by atoms with Gasteiger partial charge in [0, 0.05) is 32.0 Å². The van der Waals surface area contributed by atoms with E-state index in [1.54, 1.807) is 10.9 Å². The summed E-state index contributed by atoms with van der Waals surface area (Å²) in [6.07, 6.45) is 7.28. The van der Waals surface area contributed by atoms with Gasteiger partial charge in [-0.05, 0) is 33.2 Å². The molecule has 0 unspecified atom stereocenters. The Hall–Kier alpha value is -1.73. The number of hydrogen-bond acceptors (Lipinski definition) is 5. The molecule has 1 aliphatic heterocycles. The van der Waals surface area contributed by atoms with E-state index in [0.717, 1.165) is 31.8 Å². The summed E-state index contributed by atoms with van der Waals surface area (Å²) >= 11 is 0. The Labute approximate surface area is 130 Å². The molecule has 22 heavy (non-hydrogen) atoms. The van der Waals surface area contributed by atoms with E-state index in [1.165, 1.54) is 0 Å². The smallest absolute Gasteiger partial charge is 0.123 e. The van der Waals surface area contributed by atoms with Crippen LogP contribution in [0, 0.1) is 0 Å². The van der Waals surface area contributed by atoms with Crippen LogP contribution < -0.4 is 0 Å². The lowest BCUT2D eigenvalue weighted by Crippen LogP contribution is -2.46. The highest BCUT2D eigenvalue weighted by Gasteiger charge is 2.37. The van der Waals surface area contributed by atoms with Crippen LogP contribution in [0.15, 0.2) is 18.6 Å². The minimum atomic E-state index is -0.920. The van der Waals surface area contributed by atoms with E-state index < -0.39 is 5.60 Å². The van der Waals surface area contributed by atoms with Crippen LogP contribution in [0.3, 0.4) is 0 Å². The van der Waals surface area contributed by atoms with Crippen molar-refractivity contribution in [1.82, 2.24) is 29.4 Å². The van der Waals surface area contributed by atoms with Crippen LogP contribution >= 0.6 is 0 Å². The SMILES string of the molecule is CC(C)n1cc([C@]2(O)CCCN(Cc3nccn3C)C2)nn1. The molecule has 1 saturated heterocycles. The fourth-order valence-electron chi connectivity index (χ4n) is 2.96. The maximum Gasteiger partial charge on any atom is 0.123 e. The molecule has 7 heteroatoms. The molecular formula is C15H24N6O. The highest BCUT2D eigenvalue weighted by atomic mass is 16.3. The molecule has 0 saturated carbocycles. The zero-order valence-corrected chi connectivity index (χ0v) is 13.5. The fraction of sp³-hybridized carbons (Fsp3) is 0.667. The maximum atomic E-state index is 11.0. The quantitative estimate of drug-likeness (QED) is 0.915. The number of hydrogen-bond donors (Lipinski definition) is 1. The van der Waals surface area contributed by atoms with E-state index in [1.807, 2.05) is 24.0 Å². The number of imidazole rings is 1. The second-order valence-corrected chi connectivity index (χ2v) is 6.48. The second kappa shape index (κ2) is 5.81. The zero-order valence-electron chi connectivity index (χ0n) is 13.5. The lowest BCUT2D eigenvalue weighted by molar-refractivity contribution is -0.0422. The molecule has 1 fully saturated rings. The van der Waals surface area contributed by atoms with Crippen LogP contribution in [0.1, 0.15) is 44.2 Å². The first-order valence-corrected chi connectivity index (χ1v) is 7.81. The van der Waals surface area contributed by atoms with Crippen molar-refractivity contribution in [3.63, 3.8) is 0 Å². The number of aromatic nitrogens is 5. The third-order valence-corrected chi connectivity index (χ3v) is 4.35. The molecule has 1 N–H and O–H groups in total. The largest absolute Gasteiger partial charge is 0.382 e. The molecule has 0 amide bonds. The summed E-state index contributed by atoms with van der Waals surface area (Å²) in [5.74, 6) is 1.01. The van der Waals surface area contributed by atoms with Gasteiger partial charge >= 0.3 is 0 Å². The zero-order chi connectivity index (χ0) is 15.7. The van der Waals surface area contributed by atoms with Gasteiger partial charge < -0.3 is 9.67 Å². The van der Waals surface area contributed by atoms with Crippen molar-refractivity contribution in [1.29, 1.82) is 0 Å². The van der Waals surface area contributed by atoms with E-state index in [4.69, 9.17) is 0 Å². The lowest BCUT2D eigenvalue weighted by Gasteiger charge is -2.37. The van der Waals surface area contributed by atoms with Crippen molar-refractivity contribution in [3.05, 3.63) is 30.1 Å². The van der Waals surface area contributed by atoms with Gasteiger partial charge in [-0.2, -0.15) is 0 Å². The fourth-order valence-corrected chi connectivity index (χ4v) is 2.96. The van der Waals surface area contributed by atoms with Crippen molar-refractivity contribution >= 4 is 0 Å². The standard InChI is InChI=1S/C15H24N6O/c1-12(2)21-9-13(17-18-21)15(22)5-4-7-20(11-15)10-14-16-6-8-19(14)3/h6,8-9,12,22H,4-5,7,10-11H2,1-3H3/t15-/m0/s1.